The molecule has 0 spiro atoms. The maximum absolute atomic E-state index is 6.05. The van der Waals surface area contributed by atoms with Gasteiger partial charge in [0, 0.05) is 32.7 Å². The monoisotopic (exact) mass is 388 g/mol. The number of para-hydroxylation sites is 1. The Balaban J connectivity index is 1.72. The number of hydrogen-bond acceptors (Lipinski definition) is 7. The molecular weight excluding hydrogens is 356 g/mol. The third-order valence-electron chi connectivity index (χ3n) is 4.89. The van der Waals surface area contributed by atoms with Gasteiger partial charge < -0.3 is 18.9 Å². The van der Waals surface area contributed by atoms with Crippen molar-refractivity contribution in [3.8, 4) is 11.5 Å². The average molecular weight is 389 g/mol. The van der Waals surface area contributed by atoms with Crippen molar-refractivity contribution < 1.29 is 14.0 Å². The maximum atomic E-state index is 6.05. The highest BCUT2D eigenvalue weighted by molar-refractivity contribution is 5.46. The van der Waals surface area contributed by atoms with Gasteiger partial charge in [-0.2, -0.15) is 4.98 Å². The van der Waals surface area contributed by atoms with Crippen LogP contribution in [-0.4, -0.2) is 55.4 Å². The molecule has 1 atom stereocenters. The Morgan fingerprint density at radius 1 is 1.25 bits per heavy atom. The second kappa shape index (κ2) is 9.78. The predicted molar refractivity (Wildman–Crippen MR) is 109 cm³/mol. The van der Waals surface area contributed by atoms with Crippen molar-refractivity contribution in [2.45, 2.75) is 45.6 Å². The molecule has 0 amide bonds. The first-order chi connectivity index (χ1) is 13.6. The highest BCUT2D eigenvalue weighted by Crippen LogP contribution is 2.34. The van der Waals surface area contributed by atoms with Gasteiger partial charge in [0.2, 0.25) is 5.89 Å². The van der Waals surface area contributed by atoms with E-state index < -0.39 is 0 Å². The minimum Gasteiger partial charge on any atom is -0.490 e. The fourth-order valence-corrected chi connectivity index (χ4v) is 3.54. The zero-order chi connectivity index (χ0) is 19.9. The third kappa shape index (κ3) is 4.95. The summed E-state index contributed by atoms with van der Waals surface area (Å²) in [4.78, 5) is 8.86. The van der Waals surface area contributed by atoms with E-state index in [4.69, 9.17) is 14.0 Å². The Labute approximate surface area is 167 Å². The fourth-order valence-electron chi connectivity index (χ4n) is 3.54. The summed E-state index contributed by atoms with van der Waals surface area (Å²) >= 11 is 0. The molecule has 0 radical (unpaired) electrons. The number of anilines is 1. The summed E-state index contributed by atoms with van der Waals surface area (Å²) in [6.45, 7) is 8.21. The lowest BCUT2D eigenvalue weighted by Crippen LogP contribution is -2.34. The molecule has 7 heteroatoms. The highest BCUT2D eigenvalue weighted by atomic mass is 16.5. The van der Waals surface area contributed by atoms with Crippen molar-refractivity contribution in [2.24, 2.45) is 0 Å². The van der Waals surface area contributed by atoms with Gasteiger partial charge >= 0.3 is 0 Å². The average Bonchev–Trinajstić information content (AvgIpc) is 3.19. The molecule has 1 saturated heterocycles. The zero-order valence-electron chi connectivity index (χ0n) is 17.5. The molecule has 1 fully saturated rings. The topological polar surface area (TPSA) is 63.9 Å². The van der Waals surface area contributed by atoms with Crippen LogP contribution >= 0.6 is 0 Å². The number of piperidine rings is 1. The van der Waals surface area contributed by atoms with E-state index in [1.165, 1.54) is 5.56 Å². The van der Waals surface area contributed by atoms with E-state index in [9.17, 15) is 0 Å². The summed E-state index contributed by atoms with van der Waals surface area (Å²) in [6, 6.07) is 6.16. The Kier molecular flexibility index (Phi) is 7.14. The number of hydrogen-bond donors (Lipinski definition) is 0. The Morgan fingerprint density at radius 2 is 2.11 bits per heavy atom. The largest absolute Gasteiger partial charge is 0.490 e. The van der Waals surface area contributed by atoms with Crippen LogP contribution in [0.25, 0.3) is 0 Å². The van der Waals surface area contributed by atoms with E-state index >= 15 is 0 Å². The minimum absolute atomic E-state index is 0.269. The van der Waals surface area contributed by atoms with Crippen LogP contribution in [0.1, 0.15) is 50.5 Å². The van der Waals surface area contributed by atoms with Crippen LogP contribution in [0.2, 0.25) is 0 Å². The fraction of sp³-hybridized carbons (Fsp3) is 0.619. The number of rotatable bonds is 9. The van der Waals surface area contributed by atoms with E-state index in [1.807, 2.05) is 38.1 Å². The third-order valence-corrected chi connectivity index (χ3v) is 4.89. The zero-order valence-corrected chi connectivity index (χ0v) is 17.5. The molecule has 154 valence electrons. The highest BCUT2D eigenvalue weighted by Gasteiger charge is 2.27. The molecule has 0 saturated carbocycles. The lowest BCUT2D eigenvalue weighted by atomic mass is 9.97. The van der Waals surface area contributed by atoms with Crippen molar-refractivity contribution in [1.82, 2.24) is 15.0 Å². The lowest BCUT2D eigenvalue weighted by molar-refractivity contribution is 0.177. The molecule has 1 aliphatic rings. The minimum atomic E-state index is 0.269. The smallest absolute Gasteiger partial charge is 0.265 e. The van der Waals surface area contributed by atoms with Crippen LogP contribution < -0.4 is 14.4 Å². The van der Waals surface area contributed by atoms with Crippen molar-refractivity contribution in [3.05, 3.63) is 29.7 Å². The molecule has 1 aromatic heterocycles. The number of aromatic nitrogens is 2. The normalized spacial score (nSPS) is 17.5. The van der Waals surface area contributed by atoms with Crippen LogP contribution in [0.3, 0.4) is 0 Å². The summed E-state index contributed by atoms with van der Waals surface area (Å²) in [7, 11) is 3.84. The van der Waals surface area contributed by atoms with Gasteiger partial charge in [-0.25, -0.2) is 0 Å². The molecular formula is C21H32N4O3. The molecule has 7 nitrogen and oxygen atoms in total. The first kappa shape index (κ1) is 20.5. The SMILES string of the molecule is CCCOc1c(CN2CCCC(c3nc(N(C)C)no3)C2)cccc1OCC. The van der Waals surface area contributed by atoms with Gasteiger partial charge in [-0.1, -0.05) is 19.1 Å². The van der Waals surface area contributed by atoms with Gasteiger partial charge in [0.25, 0.3) is 5.95 Å². The maximum Gasteiger partial charge on any atom is 0.265 e. The molecule has 0 aliphatic carbocycles. The molecule has 1 aromatic carbocycles. The first-order valence-electron chi connectivity index (χ1n) is 10.2. The molecule has 3 rings (SSSR count). The van der Waals surface area contributed by atoms with Gasteiger partial charge in [-0.05, 0) is 44.0 Å². The van der Waals surface area contributed by atoms with Crippen molar-refractivity contribution in [2.75, 3.05) is 45.3 Å². The lowest BCUT2D eigenvalue weighted by Gasteiger charge is -2.31. The molecule has 1 unspecified atom stereocenters. The van der Waals surface area contributed by atoms with Gasteiger partial charge in [-0.15, -0.1) is 0 Å². The van der Waals surface area contributed by atoms with Crippen molar-refractivity contribution in [1.29, 1.82) is 0 Å². The molecule has 2 heterocycles. The van der Waals surface area contributed by atoms with E-state index in [0.717, 1.165) is 56.3 Å². The number of likely N-dealkylation sites (tertiary alicyclic amines) is 1. The molecule has 0 N–H and O–H groups in total. The van der Waals surface area contributed by atoms with E-state index in [-0.39, 0.29) is 5.92 Å². The molecule has 1 aliphatic heterocycles. The van der Waals surface area contributed by atoms with Crippen LogP contribution in [0.4, 0.5) is 5.95 Å². The van der Waals surface area contributed by atoms with Gasteiger partial charge in [-0.3, -0.25) is 4.90 Å². The summed E-state index contributed by atoms with van der Waals surface area (Å²) in [6.07, 6.45) is 3.15. The summed E-state index contributed by atoms with van der Waals surface area (Å²) < 4.78 is 17.4. The van der Waals surface area contributed by atoms with Gasteiger partial charge in [0.05, 0.1) is 19.1 Å². The van der Waals surface area contributed by atoms with Crippen LogP contribution in [0, 0.1) is 0 Å². The number of nitrogens with zero attached hydrogens (tertiary/aromatic N) is 4. The van der Waals surface area contributed by atoms with E-state index in [2.05, 4.69) is 28.0 Å². The van der Waals surface area contributed by atoms with Crippen molar-refractivity contribution in [3.63, 3.8) is 0 Å². The second-order valence-electron chi connectivity index (χ2n) is 7.43. The second-order valence-corrected chi connectivity index (χ2v) is 7.43. The summed E-state index contributed by atoms with van der Waals surface area (Å²) in [5.74, 6) is 3.34. The summed E-state index contributed by atoms with van der Waals surface area (Å²) in [5.41, 5.74) is 1.17. The standard InChI is InChI=1S/C21H32N4O3/c1-5-13-27-19-16(9-7-11-18(19)26-6-2)14-25-12-8-10-17(15-25)20-22-21(23-28-20)24(3)4/h7,9,11,17H,5-6,8,10,12-15H2,1-4H3. The van der Waals surface area contributed by atoms with E-state index in [0.29, 0.717) is 19.2 Å². The van der Waals surface area contributed by atoms with E-state index in [1.54, 1.807) is 0 Å². The van der Waals surface area contributed by atoms with Crippen LogP contribution in [0.5, 0.6) is 11.5 Å². The van der Waals surface area contributed by atoms with Crippen molar-refractivity contribution >= 4 is 5.95 Å². The Hall–Kier alpha value is -2.28. The molecule has 0 bridgehead atoms. The van der Waals surface area contributed by atoms with Crippen LogP contribution in [0.15, 0.2) is 22.7 Å². The summed E-state index contributed by atoms with van der Waals surface area (Å²) in [5, 5.41) is 4.06. The first-order valence-corrected chi connectivity index (χ1v) is 10.2. The number of ether oxygens (including phenoxy) is 2. The quantitative estimate of drug-likeness (QED) is 0.649. The number of benzene rings is 1. The molecule has 28 heavy (non-hydrogen) atoms. The Morgan fingerprint density at radius 3 is 2.82 bits per heavy atom. The molecule has 2 aromatic rings. The van der Waals surface area contributed by atoms with Gasteiger partial charge in [0.1, 0.15) is 0 Å². The predicted octanol–water partition coefficient (Wildman–Crippen LogP) is 3.70. The van der Waals surface area contributed by atoms with Gasteiger partial charge in [0.15, 0.2) is 11.5 Å². The Bertz CT molecular complexity index is 747. The van der Waals surface area contributed by atoms with Crippen LogP contribution in [-0.2, 0) is 6.54 Å².